The molecule has 76 valence electrons. The highest BCUT2D eigenvalue weighted by Crippen LogP contribution is 2.18. The largest absolute Gasteiger partial charge is 0.478 e. The summed E-state index contributed by atoms with van der Waals surface area (Å²) in [5, 5.41) is 18.0. The third kappa shape index (κ3) is 1.93. The van der Waals surface area contributed by atoms with Crippen LogP contribution in [0, 0.1) is 6.92 Å². The molecular weight excluding hydrogens is 180 g/mol. The van der Waals surface area contributed by atoms with Crippen molar-refractivity contribution >= 4 is 5.97 Å². The number of carboxylic acids is 1. The van der Waals surface area contributed by atoms with E-state index < -0.39 is 5.97 Å². The van der Waals surface area contributed by atoms with Gasteiger partial charge in [-0.2, -0.15) is 0 Å². The van der Waals surface area contributed by atoms with Gasteiger partial charge in [-0.15, -0.1) is 0 Å². The van der Waals surface area contributed by atoms with Gasteiger partial charge >= 0.3 is 5.97 Å². The van der Waals surface area contributed by atoms with Crippen molar-refractivity contribution in [3.05, 3.63) is 34.4 Å². The normalized spacial score (nSPS) is 10.2. The average Bonchev–Trinajstić information content (AvgIpc) is 2.16. The summed E-state index contributed by atoms with van der Waals surface area (Å²) in [5.74, 6) is -0.979. The summed E-state index contributed by atoms with van der Waals surface area (Å²) in [6.07, 6.45) is 0.734. The van der Waals surface area contributed by atoms with Gasteiger partial charge in [0.05, 0.1) is 12.2 Å². The second-order valence-electron chi connectivity index (χ2n) is 3.27. The van der Waals surface area contributed by atoms with E-state index >= 15 is 0 Å². The van der Waals surface area contributed by atoms with Gasteiger partial charge in [0.25, 0.3) is 0 Å². The molecule has 0 saturated carbocycles. The Morgan fingerprint density at radius 2 is 2.07 bits per heavy atom. The molecule has 0 amide bonds. The number of rotatable bonds is 3. The Balaban J connectivity index is 3.39. The minimum Gasteiger partial charge on any atom is -0.478 e. The van der Waals surface area contributed by atoms with Crippen LogP contribution in [-0.4, -0.2) is 16.2 Å². The number of aryl methyl sites for hydroxylation is 2. The standard InChI is InChI=1S/C11H14O3/c1-3-8-4-7(2)5-9(11(13)14)10(8)6-12/h4-5,12H,3,6H2,1-2H3,(H,13,14). The molecule has 1 rings (SSSR count). The molecule has 0 aliphatic rings. The van der Waals surface area contributed by atoms with Gasteiger partial charge in [-0.25, -0.2) is 4.79 Å². The lowest BCUT2D eigenvalue weighted by atomic mass is 9.97. The van der Waals surface area contributed by atoms with Crippen LogP contribution in [-0.2, 0) is 13.0 Å². The van der Waals surface area contributed by atoms with Crippen LogP contribution >= 0.6 is 0 Å². The van der Waals surface area contributed by atoms with E-state index in [0.717, 1.165) is 17.5 Å². The maximum Gasteiger partial charge on any atom is 0.336 e. The molecular formula is C11H14O3. The third-order valence-corrected chi connectivity index (χ3v) is 2.26. The Bertz CT molecular complexity index is 356. The summed E-state index contributed by atoms with van der Waals surface area (Å²) < 4.78 is 0. The second-order valence-corrected chi connectivity index (χ2v) is 3.27. The number of carbonyl (C=O) groups is 1. The molecule has 0 saturated heterocycles. The third-order valence-electron chi connectivity index (χ3n) is 2.26. The summed E-state index contributed by atoms with van der Waals surface area (Å²) in [6.45, 7) is 3.58. The van der Waals surface area contributed by atoms with Gasteiger partial charge in [-0.1, -0.05) is 13.0 Å². The zero-order valence-corrected chi connectivity index (χ0v) is 8.37. The van der Waals surface area contributed by atoms with E-state index in [1.54, 1.807) is 6.07 Å². The number of hydrogen-bond acceptors (Lipinski definition) is 2. The molecule has 14 heavy (non-hydrogen) atoms. The van der Waals surface area contributed by atoms with E-state index in [4.69, 9.17) is 10.2 Å². The molecule has 0 heterocycles. The van der Waals surface area contributed by atoms with Gasteiger partial charge in [0.1, 0.15) is 0 Å². The van der Waals surface area contributed by atoms with Crippen LogP contribution in [0.3, 0.4) is 0 Å². The molecule has 0 aromatic heterocycles. The first-order valence-electron chi connectivity index (χ1n) is 4.56. The highest BCUT2D eigenvalue weighted by molar-refractivity contribution is 5.90. The first kappa shape index (κ1) is 10.7. The van der Waals surface area contributed by atoms with Crippen LogP contribution in [0.5, 0.6) is 0 Å². The molecule has 0 aliphatic carbocycles. The summed E-state index contributed by atoms with van der Waals surface area (Å²) in [6, 6.07) is 3.50. The summed E-state index contributed by atoms with van der Waals surface area (Å²) in [7, 11) is 0. The van der Waals surface area contributed by atoms with Crippen molar-refractivity contribution in [2.24, 2.45) is 0 Å². The fraction of sp³-hybridized carbons (Fsp3) is 0.364. The van der Waals surface area contributed by atoms with Crippen LogP contribution in [0.15, 0.2) is 12.1 Å². The van der Waals surface area contributed by atoms with Crippen LogP contribution in [0.25, 0.3) is 0 Å². The number of aliphatic hydroxyl groups excluding tert-OH is 1. The van der Waals surface area contributed by atoms with Crippen LogP contribution < -0.4 is 0 Å². The fourth-order valence-electron chi connectivity index (χ4n) is 1.58. The number of hydrogen-bond donors (Lipinski definition) is 2. The highest BCUT2D eigenvalue weighted by atomic mass is 16.4. The monoisotopic (exact) mass is 194 g/mol. The number of carboxylic acid groups (broad SMARTS) is 1. The molecule has 0 bridgehead atoms. The smallest absolute Gasteiger partial charge is 0.336 e. The van der Waals surface area contributed by atoms with Gasteiger partial charge in [-0.05, 0) is 36.1 Å². The summed E-state index contributed by atoms with van der Waals surface area (Å²) in [4.78, 5) is 10.9. The van der Waals surface area contributed by atoms with Gasteiger partial charge in [0, 0.05) is 0 Å². The number of benzene rings is 1. The molecule has 0 aliphatic heterocycles. The molecule has 0 unspecified atom stereocenters. The van der Waals surface area contributed by atoms with Crippen molar-refractivity contribution in [3.8, 4) is 0 Å². The Hall–Kier alpha value is -1.35. The van der Waals surface area contributed by atoms with Crippen LogP contribution in [0.2, 0.25) is 0 Å². The second kappa shape index (κ2) is 4.24. The van der Waals surface area contributed by atoms with Gasteiger partial charge in [-0.3, -0.25) is 0 Å². The summed E-state index contributed by atoms with van der Waals surface area (Å²) >= 11 is 0. The maximum atomic E-state index is 10.9. The molecule has 2 N–H and O–H groups in total. The van der Waals surface area contributed by atoms with E-state index in [1.807, 2.05) is 19.9 Å². The molecule has 1 aromatic rings. The fourth-order valence-corrected chi connectivity index (χ4v) is 1.58. The van der Waals surface area contributed by atoms with E-state index in [-0.39, 0.29) is 12.2 Å². The van der Waals surface area contributed by atoms with Crippen molar-refractivity contribution in [3.63, 3.8) is 0 Å². The van der Waals surface area contributed by atoms with Crippen molar-refractivity contribution in [2.75, 3.05) is 0 Å². The molecule has 0 fully saturated rings. The van der Waals surface area contributed by atoms with Crippen molar-refractivity contribution in [2.45, 2.75) is 26.9 Å². The predicted octanol–water partition coefficient (Wildman–Crippen LogP) is 1.75. The Labute approximate surface area is 83.0 Å². The molecule has 1 aromatic carbocycles. The average molecular weight is 194 g/mol. The van der Waals surface area contributed by atoms with Crippen molar-refractivity contribution < 1.29 is 15.0 Å². The van der Waals surface area contributed by atoms with E-state index in [0.29, 0.717) is 5.56 Å². The number of aliphatic hydroxyl groups is 1. The molecule has 3 nitrogen and oxygen atoms in total. The molecule has 0 radical (unpaired) electrons. The maximum absolute atomic E-state index is 10.9. The van der Waals surface area contributed by atoms with Crippen LogP contribution in [0.1, 0.15) is 34.0 Å². The van der Waals surface area contributed by atoms with Gasteiger partial charge in [0.2, 0.25) is 0 Å². The highest BCUT2D eigenvalue weighted by Gasteiger charge is 2.13. The SMILES string of the molecule is CCc1cc(C)cc(C(=O)O)c1CO. The molecule has 0 atom stereocenters. The zero-order chi connectivity index (χ0) is 10.7. The van der Waals surface area contributed by atoms with Crippen LogP contribution in [0.4, 0.5) is 0 Å². The molecule has 0 spiro atoms. The first-order valence-corrected chi connectivity index (χ1v) is 4.56. The van der Waals surface area contributed by atoms with E-state index in [1.165, 1.54) is 0 Å². The molecule has 3 heteroatoms. The Morgan fingerprint density at radius 1 is 1.43 bits per heavy atom. The van der Waals surface area contributed by atoms with E-state index in [2.05, 4.69) is 0 Å². The van der Waals surface area contributed by atoms with Gasteiger partial charge in [0.15, 0.2) is 0 Å². The summed E-state index contributed by atoms with van der Waals surface area (Å²) in [5.41, 5.74) is 2.57. The lowest BCUT2D eigenvalue weighted by molar-refractivity contribution is 0.0693. The zero-order valence-electron chi connectivity index (χ0n) is 8.37. The van der Waals surface area contributed by atoms with Crippen molar-refractivity contribution in [1.29, 1.82) is 0 Å². The minimum absolute atomic E-state index is 0.212. The lowest BCUT2D eigenvalue weighted by Crippen LogP contribution is -2.06. The topological polar surface area (TPSA) is 57.5 Å². The first-order chi connectivity index (χ1) is 6.60. The number of aromatic carboxylic acids is 1. The lowest BCUT2D eigenvalue weighted by Gasteiger charge is -2.10. The Morgan fingerprint density at radius 3 is 2.50 bits per heavy atom. The quantitative estimate of drug-likeness (QED) is 0.770. The van der Waals surface area contributed by atoms with E-state index in [9.17, 15) is 4.79 Å². The minimum atomic E-state index is -0.979. The predicted molar refractivity (Wildman–Crippen MR) is 53.4 cm³/mol. The van der Waals surface area contributed by atoms with Crippen molar-refractivity contribution in [1.82, 2.24) is 0 Å². The van der Waals surface area contributed by atoms with Gasteiger partial charge < -0.3 is 10.2 Å². The Kier molecular flexibility index (Phi) is 3.25.